The second-order valence-electron chi connectivity index (χ2n) is 5.04. The Balaban J connectivity index is 1.67. The number of aromatic nitrogens is 2. The lowest BCUT2D eigenvalue weighted by molar-refractivity contribution is 0.304. The van der Waals surface area contributed by atoms with Crippen LogP contribution >= 0.6 is 45.8 Å². The van der Waals surface area contributed by atoms with Crippen molar-refractivity contribution in [3.63, 3.8) is 0 Å². The highest BCUT2D eigenvalue weighted by atomic mass is 127. The summed E-state index contributed by atoms with van der Waals surface area (Å²) < 4.78 is 11.9. The van der Waals surface area contributed by atoms with Crippen molar-refractivity contribution in [1.82, 2.24) is 10.2 Å². The number of halogens is 3. The zero-order chi connectivity index (χ0) is 17.8. The van der Waals surface area contributed by atoms with Crippen LogP contribution in [0.1, 0.15) is 17.0 Å². The molecule has 0 fully saturated rings. The molecule has 0 atom stereocenters. The highest BCUT2D eigenvalue weighted by molar-refractivity contribution is 14.1. The second-order valence-corrected chi connectivity index (χ2v) is 7.02. The van der Waals surface area contributed by atoms with Crippen molar-refractivity contribution in [2.75, 3.05) is 5.73 Å². The van der Waals surface area contributed by atoms with Crippen LogP contribution in [0.3, 0.4) is 0 Å². The number of benzene rings is 2. The molecule has 25 heavy (non-hydrogen) atoms. The Morgan fingerprint density at radius 3 is 2.60 bits per heavy atom. The molecule has 3 aromatic rings. The maximum Gasteiger partial charge on any atom is 0.313 e. The minimum Gasteiger partial charge on any atom is -0.488 e. The predicted octanol–water partition coefficient (Wildman–Crippen LogP) is 5.31. The minimum atomic E-state index is 0.0419. The van der Waals surface area contributed by atoms with Crippen molar-refractivity contribution in [3.05, 3.63) is 67.0 Å². The Labute approximate surface area is 167 Å². The molecule has 0 saturated carbocycles. The molecule has 8 heteroatoms. The Bertz CT molecular complexity index is 928. The lowest BCUT2D eigenvalue weighted by Gasteiger charge is -2.09. The van der Waals surface area contributed by atoms with Crippen molar-refractivity contribution in [2.45, 2.75) is 6.61 Å². The number of ether oxygens (including phenoxy) is 1. The van der Waals surface area contributed by atoms with E-state index in [2.05, 4.69) is 32.8 Å². The number of hydrogen-bond acceptors (Lipinski definition) is 5. The van der Waals surface area contributed by atoms with Crippen LogP contribution in [-0.2, 0) is 6.61 Å². The molecule has 0 bridgehead atoms. The molecule has 0 aliphatic carbocycles. The van der Waals surface area contributed by atoms with Crippen LogP contribution in [0.4, 0.5) is 6.01 Å². The van der Waals surface area contributed by atoms with Gasteiger partial charge in [-0.25, -0.2) is 0 Å². The fraction of sp³-hybridized carbons (Fsp3) is 0.0588. The number of rotatable bonds is 5. The SMILES string of the molecule is Nc1nnc(/C=C/c2ccc(OCc3ccc(Cl)c(Cl)c3)c(I)c2)o1. The number of nitrogens with two attached hydrogens (primary N) is 1. The van der Waals surface area contributed by atoms with Gasteiger partial charge in [0.15, 0.2) is 0 Å². The molecule has 0 saturated heterocycles. The Morgan fingerprint density at radius 2 is 1.92 bits per heavy atom. The summed E-state index contributed by atoms with van der Waals surface area (Å²) in [7, 11) is 0. The summed E-state index contributed by atoms with van der Waals surface area (Å²) >= 11 is 14.1. The van der Waals surface area contributed by atoms with E-state index in [1.807, 2.05) is 30.3 Å². The van der Waals surface area contributed by atoms with E-state index < -0.39 is 0 Å². The summed E-state index contributed by atoms with van der Waals surface area (Å²) in [5, 5.41) is 8.41. The van der Waals surface area contributed by atoms with Crippen molar-refractivity contribution in [3.8, 4) is 5.75 Å². The normalized spacial score (nSPS) is 11.2. The van der Waals surface area contributed by atoms with E-state index >= 15 is 0 Å². The van der Waals surface area contributed by atoms with Crippen LogP contribution in [0.5, 0.6) is 5.75 Å². The highest BCUT2D eigenvalue weighted by Crippen LogP contribution is 2.26. The van der Waals surface area contributed by atoms with E-state index in [9.17, 15) is 0 Å². The lowest BCUT2D eigenvalue weighted by Crippen LogP contribution is -1.97. The Hall–Kier alpha value is -1.77. The highest BCUT2D eigenvalue weighted by Gasteiger charge is 2.05. The molecular formula is C17H12Cl2IN3O2. The van der Waals surface area contributed by atoms with E-state index in [0.717, 1.165) is 20.4 Å². The quantitative estimate of drug-likeness (QED) is 0.493. The third-order valence-corrected chi connectivity index (χ3v) is 4.79. The molecule has 0 unspecified atom stereocenters. The van der Waals surface area contributed by atoms with Crippen LogP contribution < -0.4 is 10.5 Å². The molecule has 2 N–H and O–H groups in total. The van der Waals surface area contributed by atoms with Crippen LogP contribution in [0, 0.1) is 3.57 Å². The molecule has 0 amide bonds. The first-order valence-electron chi connectivity index (χ1n) is 7.14. The van der Waals surface area contributed by atoms with Gasteiger partial charge in [0.25, 0.3) is 0 Å². The van der Waals surface area contributed by atoms with Crippen LogP contribution in [-0.4, -0.2) is 10.2 Å². The third-order valence-electron chi connectivity index (χ3n) is 3.21. The average molecular weight is 488 g/mol. The van der Waals surface area contributed by atoms with E-state index in [4.69, 9.17) is 38.1 Å². The van der Waals surface area contributed by atoms with Crippen molar-refractivity contribution in [1.29, 1.82) is 0 Å². The first kappa shape index (κ1) is 18.0. The number of anilines is 1. The second kappa shape index (κ2) is 8.07. The van der Waals surface area contributed by atoms with Gasteiger partial charge in [-0.2, -0.15) is 0 Å². The smallest absolute Gasteiger partial charge is 0.313 e. The van der Waals surface area contributed by atoms with Gasteiger partial charge in [-0.05, 0) is 64.1 Å². The molecule has 1 aromatic heterocycles. The topological polar surface area (TPSA) is 74.2 Å². The summed E-state index contributed by atoms with van der Waals surface area (Å²) in [6.07, 6.45) is 3.56. The maximum atomic E-state index is 6.01. The van der Waals surface area contributed by atoms with Gasteiger partial charge in [-0.15, -0.1) is 5.10 Å². The zero-order valence-corrected chi connectivity index (χ0v) is 16.4. The van der Waals surface area contributed by atoms with Gasteiger partial charge in [0.2, 0.25) is 5.89 Å². The van der Waals surface area contributed by atoms with Gasteiger partial charge in [-0.3, -0.25) is 0 Å². The summed E-state index contributed by atoms with van der Waals surface area (Å²) in [5.74, 6) is 1.14. The van der Waals surface area contributed by atoms with Gasteiger partial charge in [-0.1, -0.05) is 40.4 Å². The maximum absolute atomic E-state index is 6.01. The van der Waals surface area contributed by atoms with Crippen LogP contribution in [0.2, 0.25) is 10.0 Å². The molecule has 128 valence electrons. The number of nitrogen functional groups attached to an aromatic ring is 1. The third kappa shape index (κ3) is 4.87. The van der Waals surface area contributed by atoms with Crippen molar-refractivity contribution in [2.24, 2.45) is 0 Å². The fourth-order valence-electron chi connectivity index (χ4n) is 2.01. The minimum absolute atomic E-state index is 0.0419. The number of nitrogens with zero attached hydrogens (tertiary/aromatic N) is 2. The van der Waals surface area contributed by atoms with Crippen LogP contribution in [0.15, 0.2) is 40.8 Å². The average Bonchev–Trinajstić information content (AvgIpc) is 3.00. The fourth-order valence-corrected chi connectivity index (χ4v) is 3.03. The molecular weight excluding hydrogens is 476 g/mol. The summed E-state index contributed by atoms with van der Waals surface area (Å²) in [6, 6.07) is 11.3. The first-order chi connectivity index (χ1) is 12.0. The molecule has 0 radical (unpaired) electrons. The number of hydrogen-bond donors (Lipinski definition) is 1. The Morgan fingerprint density at radius 1 is 1.08 bits per heavy atom. The van der Waals surface area contributed by atoms with E-state index in [1.54, 1.807) is 18.2 Å². The summed E-state index contributed by atoms with van der Waals surface area (Å²) in [6.45, 7) is 0.406. The van der Waals surface area contributed by atoms with Gasteiger partial charge < -0.3 is 14.9 Å². The molecule has 2 aromatic carbocycles. The molecule has 3 rings (SSSR count). The van der Waals surface area contributed by atoms with Crippen molar-refractivity contribution < 1.29 is 9.15 Å². The van der Waals surface area contributed by atoms with E-state index in [-0.39, 0.29) is 6.01 Å². The Kier molecular flexibility index (Phi) is 5.82. The van der Waals surface area contributed by atoms with E-state index in [0.29, 0.717) is 22.5 Å². The van der Waals surface area contributed by atoms with Gasteiger partial charge in [0.05, 0.1) is 13.6 Å². The van der Waals surface area contributed by atoms with Crippen LogP contribution in [0.25, 0.3) is 12.2 Å². The first-order valence-corrected chi connectivity index (χ1v) is 8.98. The van der Waals surface area contributed by atoms with Gasteiger partial charge in [0.1, 0.15) is 12.4 Å². The monoisotopic (exact) mass is 487 g/mol. The molecule has 1 heterocycles. The molecule has 0 aliphatic rings. The molecule has 5 nitrogen and oxygen atoms in total. The zero-order valence-electron chi connectivity index (χ0n) is 12.7. The van der Waals surface area contributed by atoms with Crippen molar-refractivity contribution >= 4 is 64.0 Å². The lowest BCUT2D eigenvalue weighted by atomic mass is 10.2. The van der Waals surface area contributed by atoms with Gasteiger partial charge >= 0.3 is 6.01 Å². The largest absolute Gasteiger partial charge is 0.488 e. The van der Waals surface area contributed by atoms with Gasteiger partial charge in [0, 0.05) is 6.08 Å². The summed E-state index contributed by atoms with van der Waals surface area (Å²) in [4.78, 5) is 0. The summed E-state index contributed by atoms with van der Waals surface area (Å²) in [5.41, 5.74) is 7.31. The predicted molar refractivity (Wildman–Crippen MR) is 108 cm³/mol. The standard InChI is InChI=1S/C17H12Cl2IN3O2/c18-12-4-1-11(7-13(12)19)9-24-15-5-2-10(8-14(15)20)3-6-16-22-23-17(21)25-16/h1-8H,9H2,(H2,21,23)/b6-3+. The molecule has 0 aliphatic heterocycles. The van der Waals surface area contributed by atoms with E-state index in [1.165, 1.54) is 0 Å². The molecule has 0 spiro atoms.